The Morgan fingerprint density at radius 2 is 1.96 bits per heavy atom. The summed E-state index contributed by atoms with van der Waals surface area (Å²) in [7, 11) is 0. The number of carbonyl (C=O) groups is 3. The first-order valence-corrected chi connectivity index (χ1v) is 8.15. The molecule has 0 aromatic heterocycles. The number of amides is 3. The second-order valence-corrected chi connectivity index (χ2v) is 6.15. The average Bonchev–Trinajstić information content (AvgIpc) is 2.69. The third-order valence-corrected chi connectivity index (χ3v) is 3.89. The number of rotatable bonds is 5. The average molecular weight is 353 g/mol. The van der Waals surface area contributed by atoms with Crippen LogP contribution in [0.3, 0.4) is 0 Å². The maximum absolute atomic E-state index is 13.1. The first-order chi connectivity index (χ1) is 11.8. The van der Waals surface area contributed by atoms with E-state index in [4.69, 9.17) is 0 Å². The van der Waals surface area contributed by atoms with Gasteiger partial charge in [-0.2, -0.15) is 0 Å². The minimum Gasteiger partial charge on any atom is -0.356 e. The van der Waals surface area contributed by atoms with Crippen molar-refractivity contribution in [1.82, 2.24) is 16.0 Å². The molecule has 0 saturated carbocycles. The van der Waals surface area contributed by atoms with Crippen molar-refractivity contribution in [3.63, 3.8) is 0 Å². The van der Waals surface area contributed by atoms with E-state index in [2.05, 4.69) is 16.0 Å². The van der Waals surface area contributed by atoms with Gasteiger partial charge in [-0.25, -0.2) is 8.78 Å². The summed E-state index contributed by atoms with van der Waals surface area (Å²) in [5.74, 6) is -2.57. The standard InChI is InChI=1S/C17H21F2N3O3/c1-10(17(25)22-14-3-2-4-20-15(23)9-14)21-16(24)7-11-5-12(18)8-13(19)6-11/h5-6,8,10,14H,2-4,7,9H2,1H3,(H,20,23)(H,21,24)(H,22,25)/t10-,14-/m0/s1. The number of hydrogen-bond acceptors (Lipinski definition) is 3. The highest BCUT2D eigenvalue weighted by Crippen LogP contribution is 2.09. The molecular formula is C17H21F2N3O3. The molecule has 0 bridgehead atoms. The molecule has 3 amide bonds. The molecule has 2 atom stereocenters. The lowest BCUT2D eigenvalue weighted by Crippen LogP contribution is -2.48. The summed E-state index contributed by atoms with van der Waals surface area (Å²) >= 11 is 0. The van der Waals surface area contributed by atoms with Gasteiger partial charge in [0.1, 0.15) is 17.7 Å². The Bertz CT molecular complexity index is 646. The summed E-state index contributed by atoms with van der Waals surface area (Å²) in [4.78, 5) is 35.6. The lowest BCUT2D eigenvalue weighted by molar-refractivity contribution is -0.129. The minimum atomic E-state index is -0.822. The van der Waals surface area contributed by atoms with Crippen molar-refractivity contribution in [1.29, 1.82) is 0 Å². The smallest absolute Gasteiger partial charge is 0.242 e. The van der Waals surface area contributed by atoms with Gasteiger partial charge in [0, 0.05) is 25.1 Å². The van der Waals surface area contributed by atoms with Gasteiger partial charge in [-0.15, -0.1) is 0 Å². The molecule has 0 unspecified atom stereocenters. The van der Waals surface area contributed by atoms with E-state index in [0.717, 1.165) is 24.6 Å². The molecule has 1 heterocycles. The lowest BCUT2D eigenvalue weighted by Gasteiger charge is -2.19. The third kappa shape index (κ3) is 6.13. The molecule has 0 radical (unpaired) electrons. The van der Waals surface area contributed by atoms with Crippen molar-refractivity contribution in [3.05, 3.63) is 35.4 Å². The SMILES string of the molecule is C[C@H](NC(=O)Cc1cc(F)cc(F)c1)C(=O)N[C@H]1CCCNC(=O)C1. The molecule has 2 rings (SSSR count). The van der Waals surface area contributed by atoms with Crippen LogP contribution in [0.15, 0.2) is 18.2 Å². The van der Waals surface area contributed by atoms with Gasteiger partial charge in [0.2, 0.25) is 17.7 Å². The fourth-order valence-electron chi connectivity index (χ4n) is 2.68. The van der Waals surface area contributed by atoms with Crippen LogP contribution in [0.25, 0.3) is 0 Å². The molecule has 6 nitrogen and oxygen atoms in total. The fourth-order valence-corrected chi connectivity index (χ4v) is 2.68. The Balaban J connectivity index is 1.85. The summed E-state index contributed by atoms with van der Waals surface area (Å²) in [5, 5.41) is 7.95. The molecule has 0 aliphatic carbocycles. The molecule has 1 fully saturated rings. The van der Waals surface area contributed by atoms with E-state index in [0.29, 0.717) is 13.0 Å². The van der Waals surface area contributed by atoms with Gasteiger partial charge in [0.15, 0.2) is 0 Å². The van der Waals surface area contributed by atoms with Crippen LogP contribution in [-0.4, -0.2) is 36.3 Å². The predicted molar refractivity (Wildman–Crippen MR) is 86.5 cm³/mol. The molecule has 25 heavy (non-hydrogen) atoms. The van der Waals surface area contributed by atoms with Gasteiger partial charge < -0.3 is 16.0 Å². The summed E-state index contributed by atoms with van der Waals surface area (Å²) in [5.41, 5.74) is 0.183. The number of halogens is 2. The second-order valence-electron chi connectivity index (χ2n) is 6.15. The third-order valence-electron chi connectivity index (χ3n) is 3.89. The van der Waals surface area contributed by atoms with E-state index in [1.54, 1.807) is 0 Å². The van der Waals surface area contributed by atoms with Crippen molar-refractivity contribution < 1.29 is 23.2 Å². The van der Waals surface area contributed by atoms with Crippen molar-refractivity contribution in [2.45, 2.75) is 44.7 Å². The van der Waals surface area contributed by atoms with Crippen molar-refractivity contribution in [2.24, 2.45) is 0 Å². The molecular weight excluding hydrogens is 332 g/mol. The van der Waals surface area contributed by atoms with Crippen LogP contribution in [0.2, 0.25) is 0 Å². The Morgan fingerprint density at radius 3 is 2.64 bits per heavy atom. The van der Waals surface area contributed by atoms with E-state index in [1.807, 2.05) is 0 Å². The minimum absolute atomic E-state index is 0.118. The molecule has 1 aromatic carbocycles. The predicted octanol–water partition coefficient (Wildman–Crippen LogP) is 0.797. The second kappa shape index (κ2) is 8.55. The Kier molecular flexibility index (Phi) is 6.44. The fraction of sp³-hybridized carbons (Fsp3) is 0.471. The molecule has 1 aliphatic rings. The molecule has 1 aliphatic heterocycles. The van der Waals surface area contributed by atoms with Gasteiger partial charge in [0.05, 0.1) is 6.42 Å². The largest absolute Gasteiger partial charge is 0.356 e. The quantitative estimate of drug-likeness (QED) is 0.732. The van der Waals surface area contributed by atoms with Crippen LogP contribution in [0, 0.1) is 11.6 Å². The van der Waals surface area contributed by atoms with Crippen LogP contribution in [0.5, 0.6) is 0 Å². The van der Waals surface area contributed by atoms with Gasteiger partial charge >= 0.3 is 0 Å². The highest BCUT2D eigenvalue weighted by molar-refractivity contribution is 5.88. The highest BCUT2D eigenvalue weighted by Gasteiger charge is 2.22. The molecule has 1 aromatic rings. The van der Waals surface area contributed by atoms with Crippen LogP contribution in [-0.2, 0) is 20.8 Å². The Morgan fingerprint density at radius 1 is 1.28 bits per heavy atom. The van der Waals surface area contributed by atoms with Gasteiger partial charge in [0.25, 0.3) is 0 Å². The highest BCUT2D eigenvalue weighted by atomic mass is 19.1. The molecule has 3 N–H and O–H groups in total. The van der Waals surface area contributed by atoms with E-state index in [1.165, 1.54) is 6.92 Å². The topological polar surface area (TPSA) is 87.3 Å². The van der Waals surface area contributed by atoms with E-state index in [-0.39, 0.29) is 30.4 Å². The summed E-state index contributed by atoms with van der Waals surface area (Å²) in [6, 6.07) is 1.76. The maximum Gasteiger partial charge on any atom is 0.242 e. The van der Waals surface area contributed by atoms with Crippen LogP contribution < -0.4 is 16.0 Å². The lowest BCUT2D eigenvalue weighted by atomic mass is 10.1. The zero-order valence-electron chi connectivity index (χ0n) is 13.9. The zero-order chi connectivity index (χ0) is 18.4. The van der Waals surface area contributed by atoms with Crippen molar-refractivity contribution in [3.8, 4) is 0 Å². The summed E-state index contributed by atoms with van der Waals surface area (Å²) in [6.45, 7) is 2.10. The molecule has 8 heteroatoms. The zero-order valence-corrected chi connectivity index (χ0v) is 13.9. The maximum atomic E-state index is 13.1. The Labute approximate surface area is 144 Å². The Hall–Kier alpha value is -2.51. The van der Waals surface area contributed by atoms with Crippen LogP contribution in [0.4, 0.5) is 8.78 Å². The first-order valence-electron chi connectivity index (χ1n) is 8.15. The van der Waals surface area contributed by atoms with Crippen LogP contribution >= 0.6 is 0 Å². The number of carbonyl (C=O) groups excluding carboxylic acids is 3. The van der Waals surface area contributed by atoms with Crippen molar-refractivity contribution in [2.75, 3.05) is 6.54 Å². The molecule has 136 valence electrons. The van der Waals surface area contributed by atoms with E-state index < -0.39 is 29.5 Å². The van der Waals surface area contributed by atoms with Crippen molar-refractivity contribution >= 4 is 17.7 Å². The summed E-state index contributed by atoms with van der Waals surface area (Å²) < 4.78 is 26.3. The normalized spacial score (nSPS) is 18.7. The number of benzene rings is 1. The van der Waals surface area contributed by atoms with Crippen LogP contribution in [0.1, 0.15) is 31.7 Å². The van der Waals surface area contributed by atoms with E-state index in [9.17, 15) is 23.2 Å². The van der Waals surface area contributed by atoms with Gasteiger partial charge in [-0.3, -0.25) is 14.4 Å². The van der Waals surface area contributed by atoms with E-state index >= 15 is 0 Å². The van der Waals surface area contributed by atoms with Gasteiger partial charge in [-0.05, 0) is 37.5 Å². The number of hydrogen-bond donors (Lipinski definition) is 3. The number of nitrogens with one attached hydrogen (secondary N) is 3. The summed E-state index contributed by atoms with van der Waals surface area (Å²) in [6.07, 6.45) is 1.41. The molecule has 0 spiro atoms. The van der Waals surface area contributed by atoms with Gasteiger partial charge in [-0.1, -0.05) is 0 Å². The monoisotopic (exact) mass is 353 g/mol. The molecule has 1 saturated heterocycles. The first kappa shape index (κ1) is 18.8.